The van der Waals surface area contributed by atoms with E-state index in [0.29, 0.717) is 29.5 Å². The van der Waals surface area contributed by atoms with Gasteiger partial charge in [0.25, 0.3) is 5.91 Å². The van der Waals surface area contributed by atoms with Crippen LogP contribution in [0.25, 0.3) is 10.9 Å². The molecule has 2 aromatic carbocycles. The van der Waals surface area contributed by atoms with E-state index in [1.807, 2.05) is 42.5 Å². The number of benzene rings is 2. The monoisotopic (exact) mass is 414 g/mol. The zero-order valence-corrected chi connectivity index (χ0v) is 17.0. The molecule has 7 nitrogen and oxygen atoms in total. The van der Waals surface area contributed by atoms with Crippen LogP contribution in [0.5, 0.6) is 11.5 Å². The smallest absolute Gasteiger partial charge is 0.277 e. The van der Waals surface area contributed by atoms with Crippen LogP contribution in [0.15, 0.2) is 71.4 Å². The van der Waals surface area contributed by atoms with Crippen molar-refractivity contribution in [1.82, 2.24) is 15.0 Å². The molecular weight excluding hydrogens is 392 g/mol. The van der Waals surface area contributed by atoms with Gasteiger partial charge in [0.05, 0.1) is 12.1 Å². The van der Waals surface area contributed by atoms with Crippen LogP contribution in [-0.4, -0.2) is 34.0 Å². The first-order valence-corrected chi connectivity index (χ1v) is 10.4. The maximum Gasteiger partial charge on any atom is 0.277 e. The van der Waals surface area contributed by atoms with Crippen molar-refractivity contribution >= 4 is 22.5 Å². The summed E-state index contributed by atoms with van der Waals surface area (Å²) in [4.78, 5) is 19.3. The van der Waals surface area contributed by atoms with Gasteiger partial charge >= 0.3 is 0 Å². The van der Waals surface area contributed by atoms with Crippen LogP contribution in [0, 0.1) is 0 Å². The van der Waals surface area contributed by atoms with Gasteiger partial charge in [0.1, 0.15) is 11.5 Å². The molecule has 1 amide bonds. The van der Waals surface area contributed by atoms with Crippen LogP contribution in [0.3, 0.4) is 0 Å². The predicted octanol–water partition coefficient (Wildman–Crippen LogP) is 4.86. The summed E-state index contributed by atoms with van der Waals surface area (Å²) < 4.78 is 11.4. The number of aromatic nitrogens is 2. The van der Waals surface area contributed by atoms with E-state index in [1.165, 1.54) is 12.8 Å². The lowest BCUT2D eigenvalue weighted by Gasteiger charge is -2.10. The number of anilines is 1. The van der Waals surface area contributed by atoms with Crippen LogP contribution in [0.1, 0.15) is 29.1 Å². The number of hydrogen-bond donors (Lipinski definition) is 1. The number of hydrogen-bond acceptors (Lipinski definition) is 6. The van der Waals surface area contributed by atoms with Crippen molar-refractivity contribution < 1.29 is 14.1 Å². The first kappa shape index (κ1) is 19.3. The Morgan fingerprint density at radius 1 is 1.06 bits per heavy atom. The molecule has 0 aliphatic carbocycles. The van der Waals surface area contributed by atoms with Crippen molar-refractivity contribution in [2.24, 2.45) is 0 Å². The van der Waals surface area contributed by atoms with Gasteiger partial charge in [-0.05, 0) is 56.3 Å². The van der Waals surface area contributed by atoms with E-state index in [2.05, 4.69) is 20.4 Å². The zero-order valence-electron chi connectivity index (χ0n) is 17.0. The molecule has 31 heavy (non-hydrogen) atoms. The highest BCUT2D eigenvalue weighted by Crippen LogP contribution is 2.30. The quantitative estimate of drug-likeness (QED) is 0.485. The fourth-order valence-electron chi connectivity index (χ4n) is 3.77. The third-order valence-electron chi connectivity index (χ3n) is 5.30. The van der Waals surface area contributed by atoms with Gasteiger partial charge in [0, 0.05) is 29.4 Å². The molecular formula is C24H22N4O3. The van der Waals surface area contributed by atoms with Crippen molar-refractivity contribution in [3.63, 3.8) is 0 Å². The van der Waals surface area contributed by atoms with Gasteiger partial charge in [-0.3, -0.25) is 14.7 Å². The van der Waals surface area contributed by atoms with Gasteiger partial charge in [-0.25, -0.2) is 0 Å². The molecule has 0 spiro atoms. The van der Waals surface area contributed by atoms with Gasteiger partial charge in [0.15, 0.2) is 11.5 Å². The van der Waals surface area contributed by atoms with E-state index in [9.17, 15) is 4.79 Å². The summed E-state index contributed by atoms with van der Waals surface area (Å²) in [6.45, 7) is 2.80. The lowest BCUT2D eigenvalue weighted by molar-refractivity contribution is 0.101. The van der Waals surface area contributed by atoms with Crippen molar-refractivity contribution in [2.45, 2.75) is 19.4 Å². The number of amides is 1. The fourth-order valence-corrected chi connectivity index (χ4v) is 3.77. The summed E-state index contributed by atoms with van der Waals surface area (Å²) in [5.74, 6) is 1.71. The Morgan fingerprint density at radius 2 is 1.94 bits per heavy atom. The van der Waals surface area contributed by atoms with Gasteiger partial charge in [-0.2, -0.15) is 0 Å². The van der Waals surface area contributed by atoms with Crippen LogP contribution in [0.4, 0.5) is 5.69 Å². The summed E-state index contributed by atoms with van der Waals surface area (Å²) in [5.41, 5.74) is 1.74. The largest absolute Gasteiger partial charge is 0.457 e. The van der Waals surface area contributed by atoms with E-state index >= 15 is 0 Å². The van der Waals surface area contributed by atoms with Gasteiger partial charge < -0.3 is 14.6 Å². The minimum absolute atomic E-state index is 0.264. The second-order valence-electron chi connectivity index (χ2n) is 7.57. The van der Waals surface area contributed by atoms with Crippen LogP contribution in [-0.2, 0) is 6.54 Å². The summed E-state index contributed by atoms with van der Waals surface area (Å²) in [6, 6.07) is 18.6. The maximum absolute atomic E-state index is 12.6. The molecule has 156 valence electrons. The van der Waals surface area contributed by atoms with E-state index in [1.54, 1.807) is 24.4 Å². The Hall–Kier alpha value is -3.71. The number of fused-ring (bicyclic) bond motifs is 1. The normalized spacial score (nSPS) is 14.1. The van der Waals surface area contributed by atoms with E-state index in [0.717, 1.165) is 24.0 Å². The Labute approximate surface area is 179 Å². The third kappa shape index (κ3) is 4.41. The van der Waals surface area contributed by atoms with E-state index in [4.69, 9.17) is 9.26 Å². The van der Waals surface area contributed by atoms with Crippen molar-refractivity contribution in [3.8, 4) is 11.5 Å². The number of carbonyl (C=O) groups is 1. The Bertz CT molecular complexity index is 1210. The Balaban J connectivity index is 1.28. The highest BCUT2D eigenvalue weighted by molar-refractivity contribution is 6.02. The lowest BCUT2D eigenvalue weighted by Crippen LogP contribution is -2.18. The zero-order chi connectivity index (χ0) is 21.0. The SMILES string of the molecule is O=C(Nc1cccc(Oc2ccnc3ccccc23)c1)c1cc(CN2CCCC2)on1. The minimum atomic E-state index is -0.317. The predicted molar refractivity (Wildman–Crippen MR) is 117 cm³/mol. The molecule has 0 unspecified atom stereocenters. The number of likely N-dealkylation sites (tertiary alicyclic amines) is 1. The highest BCUT2D eigenvalue weighted by atomic mass is 16.5. The van der Waals surface area contributed by atoms with Gasteiger partial charge in [-0.1, -0.05) is 23.4 Å². The molecule has 4 aromatic rings. The molecule has 0 atom stereocenters. The van der Waals surface area contributed by atoms with Crippen molar-refractivity contribution in [2.75, 3.05) is 18.4 Å². The number of ether oxygens (including phenoxy) is 1. The molecule has 0 radical (unpaired) electrons. The minimum Gasteiger partial charge on any atom is -0.457 e. The maximum atomic E-state index is 12.6. The van der Waals surface area contributed by atoms with Crippen LogP contribution < -0.4 is 10.1 Å². The highest BCUT2D eigenvalue weighted by Gasteiger charge is 2.17. The average molecular weight is 414 g/mol. The van der Waals surface area contributed by atoms with Crippen LogP contribution >= 0.6 is 0 Å². The van der Waals surface area contributed by atoms with Gasteiger partial charge in [-0.15, -0.1) is 0 Å². The fraction of sp³-hybridized carbons (Fsp3) is 0.208. The number of nitrogens with one attached hydrogen (secondary N) is 1. The number of nitrogens with zero attached hydrogens (tertiary/aromatic N) is 3. The summed E-state index contributed by atoms with van der Waals surface area (Å²) in [5, 5.41) is 7.71. The molecule has 3 heterocycles. The number of pyridine rings is 1. The van der Waals surface area contributed by atoms with Crippen molar-refractivity contribution in [3.05, 3.63) is 78.3 Å². The second kappa shape index (κ2) is 8.57. The summed E-state index contributed by atoms with van der Waals surface area (Å²) in [7, 11) is 0. The third-order valence-corrected chi connectivity index (χ3v) is 5.30. The van der Waals surface area contributed by atoms with Gasteiger partial charge in [0.2, 0.25) is 0 Å². The number of para-hydroxylation sites is 1. The first-order valence-electron chi connectivity index (χ1n) is 10.4. The van der Waals surface area contributed by atoms with Crippen molar-refractivity contribution in [1.29, 1.82) is 0 Å². The topological polar surface area (TPSA) is 80.5 Å². The first-order chi connectivity index (χ1) is 15.2. The molecule has 1 N–H and O–H groups in total. The molecule has 7 heteroatoms. The molecule has 5 rings (SSSR count). The molecule has 1 aliphatic heterocycles. The number of rotatable bonds is 6. The molecule has 1 aliphatic rings. The molecule has 2 aromatic heterocycles. The molecule has 0 saturated carbocycles. The van der Waals surface area contributed by atoms with E-state index < -0.39 is 0 Å². The Morgan fingerprint density at radius 3 is 2.84 bits per heavy atom. The number of carbonyl (C=O) groups excluding carboxylic acids is 1. The molecule has 0 bridgehead atoms. The summed E-state index contributed by atoms with van der Waals surface area (Å²) >= 11 is 0. The summed E-state index contributed by atoms with van der Waals surface area (Å²) in [6.07, 6.45) is 4.12. The lowest BCUT2D eigenvalue weighted by atomic mass is 10.2. The van der Waals surface area contributed by atoms with E-state index in [-0.39, 0.29) is 11.6 Å². The second-order valence-corrected chi connectivity index (χ2v) is 7.57. The average Bonchev–Trinajstić information content (AvgIpc) is 3.47. The van der Waals surface area contributed by atoms with Crippen LogP contribution in [0.2, 0.25) is 0 Å². The standard InChI is InChI=1S/C24H22N4O3/c29-24(22-15-19(31-27-22)16-28-12-3-4-13-28)26-17-6-5-7-18(14-17)30-23-10-11-25-21-9-2-1-8-20(21)23/h1-2,5-11,14-15H,3-4,12-13,16H2,(H,26,29). The Kier molecular flexibility index (Phi) is 5.33. The molecule has 1 fully saturated rings. The molecule has 1 saturated heterocycles.